The van der Waals surface area contributed by atoms with E-state index in [1.807, 2.05) is 20.8 Å². The summed E-state index contributed by atoms with van der Waals surface area (Å²) in [5, 5.41) is 0. The van der Waals surface area contributed by atoms with Crippen molar-refractivity contribution in [2.45, 2.75) is 26.4 Å². The van der Waals surface area contributed by atoms with Gasteiger partial charge < -0.3 is 9.47 Å². The summed E-state index contributed by atoms with van der Waals surface area (Å²) >= 11 is 0. The molecule has 0 saturated carbocycles. The first-order valence-corrected chi connectivity index (χ1v) is 3.89. The van der Waals surface area contributed by atoms with Crippen LogP contribution < -0.4 is 0 Å². The Morgan fingerprint density at radius 1 is 1.42 bits per heavy atom. The Morgan fingerprint density at radius 3 is 2.42 bits per heavy atom. The van der Waals surface area contributed by atoms with Crippen molar-refractivity contribution in [3.63, 3.8) is 0 Å². The van der Waals surface area contributed by atoms with Crippen LogP contribution in [0.1, 0.15) is 20.8 Å². The number of ether oxygens (including phenoxy) is 2. The van der Waals surface area contributed by atoms with E-state index in [-0.39, 0.29) is 12.2 Å². The van der Waals surface area contributed by atoms with Gasteiger partial charge in [-0.2, -0.15) is 0 Å². The lowest BCUT2D eigenvalue weighted by Gasteiger charge is -2.18. The molecule has 0 heterocycles. The van der Waals surface area contributed by atoms with E-state index in [1.54, 1.807) is 0 Å². The molecule has 0 amide bonds. The van der Waals surface area contributed by atoms with Crippen LogP contribution >= 0.6 is 0 Å². The van der Waals surface area contributed by atoms with Crippen LogP contribution in [0, 0.1) is 0 Å². The molecule has 0 unspecified atom stereocenters. The average molecular weight is 172 g/mol. The maximum atomic E-state index is 10.5. The molecule has 0 atom stereocenters. The van der Waals surface area contributed by atoms with E-state index >= 15 is 0 Å². The summed E-state index contributed by atoms with van der Waals surface area (Å²) in [4.78, 5) is 10.5. The molecular weight excluding hydrogens is 156 g/mol. The fourth-order valence-electron chi connectivity index (χ4n) is 0.549. The Kier molecular flexibility index (Phi) is 4.59. The number of carbonyl (C=O) groups is 1. The Morgan fingerprint density at radius 2 is 2.00 bits per heavy atom. The van der Waals surface area contributed by atoms with Gasteiger partial charge in [0.15, 0.2) is 0 Å². The summed E-state index contributed by atoms with van der Waals surface area (Å²) in [5.74, 6) is -0.410. The second kappa shape index (κ2) is 4.93. The van der Waals surface area contributed by atoms with Gasteiger partial charge in [0.05, 0.1) is 12.2 Å². The highest BCUT2D eigenvalue weighted by Gasteiger charge is 2.09. The van der Waals surface area contributed by atoms with Crippen LogP contribution in [0.3, 0.4) is 0 Å². The third kappa shape index (κ3) is 7.28. The van der Waals surface area contributed by atoms with E-state index in [0.717, 1.165) is 6.08 Å². The highest BCUT2D eigenvalue weighted by atomic mass is 16.6. The van der Waals surface area contributed by atoms with E-state index in [1.165, 1.54) is 0 Å². The first-order valence-electron chi connectivity index (χ1n) is 3.89. The molecule has 0 aliphatic heterocycles. The second-order valence-electron chi connectivity index (χ2n) is 3.33. The highest BCUT2D eigenvalue weighted by Crippen LogP contribution is 2.05. The number of hydrogen-bond donors (Lipinski definition) is 0. The van der Waals surface area contributed by atoms with Gasteiger partial charge in [0, 0.05) is 6.08 Å². The zero-order valence-electron chi connectivity index (χ0n) is 7.92. The number of rotatable bonds is 4. The lowest BCUT2D eigenvalue weighted by atomic mass is 10.2. The summed E-state index contributed by atoms with van der Waals surface area (Å²) in [6.07, 6.45) is 1.14. The van der Waals surface area contributed by atoms with Gasteiger partial charge in [-0.1, -0.05) is 6.58 Å². The first-order chi connectivity index (χ1) is 5.45. The van der Waals surface area contributed by atoms with Gasteiger partial charge in [-0.3, -0.25) is 0 Å². The molecule has 0 rings (SSSR count). The molecule has 12 heavy (non-hydrogen) atoms. The van der Waals surface area contributed by atoms with Gasteiger partial charge in [-0.05, 0) is 20.8 Å². The van der Waals surface area contributed by atoms with Crippen LogP contribution in [0.2, 0.25) is 0 Å². The monoisotopic (exact) mass is 172 g/mol. The van der Waals surface area contributed by atoms with Crippen LogP contribution in [0.25, 0.3) is 0 Å². The predicted molar refractivity (Wildman–Crippen MR) is 46.9 cm³/mol. The van der Waals surface area contributed by atoms with Crippen LogP contribution in [0.15, 0.2) is 12.7 Å². The van der Waals surface area contributed by atoms with Crippen LogP contribution in [-0.2, 0) is 14.3 Å². The van der Waals surface area contributed by atoms with E-state index in [9.17, 15) is 4.79 Å². The molecule has 0 aromatic carbocycles. The number of carbonyl (C=O) groups excluding carboxylic acids is 1. The van der Waals surface area contributed by atoms with Crippen molar-refractivity contribution in [2.75, 3.05) is 13.2 Å². The summed E-state index contributed by atoms with van der Waals surface area (Å²) in [7, 11) is 0. The summed E-state index contributed by atoms with van der Waals surface area (Å²) in [6, 6.07) is 0. The minimum atomic E-state index is -0.410. The molecular formula is C9H16O3. The molecule has 3 heteroatoms. The molecule has 0 aromatic rings. The van der Waals surface area contributed by atoms with Gasteiger partial charge in [0.2, 0.25) is 0 Å². The molecule has 0 N–H and O–H groups in total. The maximum Gasteiger partial charge on any atom is 0.330 e. The number of hydrogen-bond acceptors (Lipinski definition) is 3. The zero-order valence-corrected chi connectivity index (χ0v) is 7.92. The fraction of sp³-hybridized carbons (Fsp3) is 0.667. The predicted octanol–water partition coefficient (Wildman–Crippen LogP) is 1.53. The van der Waals surface area contributed by atoms with Gasteiger partial charge in [0.25, 0.3) is 0 Å². The van der Waals surface area contributed by atoms with E-state index in [0.29, 0.717) is 6.61 Å². The topological polar surface area (TPSA) is 35.5 Å². The maximum absolute atomic E-state index is 10.5. The lowest BCUT2D eigenvalue weighted by molar-refractivity contribution is -0.140. The van der Waals surface area contributed by atoms with E-state index in [4.69, 9.17) is 9.47 Å². The SMILES string of the molecule is C=CC(=O)OCCOC(C)(C)C. The third-order valence-corrected chi connectivity index (χ3v) is 1.03. The van der Waals surface area contributed by atoms with Crippen molar-refractivity contribution in [1.82, 2.24) is 0 Å². The minimum Gasteiger partial charge on any atom is -0.460 e. The van der Waals surface area contributed by atoms with Gasteiger partial charge in [-0.15, -0.1) is 0 Å². The molecule has 0 aromatic heterocycles. The van der Waals surface area contributed by atoms with E-state index in [2.05, 4.69) is 6.58 Å². The zero-order chi connectivity index (χ0) is 9.61. The van der Waals surface area contributed by atoms with Crippen molar-refractivity contribution in [2.24, 2.45) is 0 Å². The van der Waals surface area contributed by atoms with Crippen LogP contribution in [0.4, 0.5) is 0 Å². The van der Waals surface area contributed by atoms with Crippen LogP contribution in [-0.4, -0.2) is 24.8 Å². The molecule has 0 saturated heterocycles. The summed E-state index contributed by atoms with van der Waals surface area (Å²) < 4.78 is 10.0. The summed E-state index contributed by atoms with van der Waals surface area (Å²) in [6.45, 7) is 9.81. The average Bonchev–Trinajstić information content (AvgIpc) is 1.96. The normalized spacial score (nSPS) is 10.9. The van der Waals surface area contributed by atoms with E-state index < -0.39 is 5.97 Å². The third-order valence-electron chi connectivity index (χ3n) is 1.03. The van der Waals surface area contributed by atoms with Crippen LogP contribution in [0.5, 0.6) is 0 Å². The molecule has 0 fully saturated rings. The van der Waals surface area contributed by atoms with Crippen molar-refractivity contribution in [1.29, 1.82) is 0 Å². The Bertz CT molecular complexity index is 156. The van der Waals surface area contributed by atoms with Gasteiger partial charge in [-0.25, -0.2) is 4.79 Å². The number of esters is 1. The molecule has 0 radical (unpaired) electrons. The smallest absolute Gasteiger partial charge is 0.330 e. The van der Waals surface area contributed by atoms with Gasteiger partial charge in [0.1, 0.15) is 6.61 Å². The first kappa shape index (κ1) is 11.2. The van der Waals surface area contributed by atoms with Crippen molar-refractivity contribution in [3.8, 4) is 0 Å². The lowest BCUT2D eigenvalue weighted by Crippen LogP contribution is -2.22. The largest absolute Gasteiger partial charge is 0.460 e. The molecule has 0 aliphatic rings. The quantitative estimate of drug-likeness (QED) is 0.366. The molecule has 0 spiro atoms. The Labute approximate surface area is 73.4 Å². The molecule has 3 nitrogen and oxygen atoms in total. The molecule has 0 aliphatic carbocycles. The molecule has 0 bridgehead atoms. The minimum absolute atomic E-state index is 0.180. The standard InChI is InChI=1S/C9H16O3/c1-5-8(10)11-6-7-12-9(2,3)4/h5H,1,6-7H2,2-4H3. The second-order valence-corrected chi connectivity index (χ2v) is 3.33. The van der Waals surface area contributed by atoms with Crippen molar-refractivity contribution >= 4 is 5.97 Å². The Balaban J connectivity index is 3.34. The fourth-order valence-corrected chi connectivity index (χ4v) is 0.549. The summed E-state index contributed by atoms with van der Waals surface area (Å²) in [5.41, 5.74) is -0.180. The molecule has 70 valence electrons. The Hall–Kier alpha value is -0.830. The van der Waals surface area contributed by atoms with Gasteiger partial charge >= 0.3 is 5.97 Å². The van der Waals surface area contributed by atoms with Crippen molar-refractivity contribution in [3.05, 3.63) is 12.7 Å². The highest BCUT2D eigenvalue weighted by molar-refractivity contribution is 5.81. The van der Waals surface area contributed by atoms with Crippen molar-refractivity contribution < 1.29 is 14.3 Å².